The van der Waals surface area contributed by atoms with E-state index >= 15 is 0 Å². The number of aryl methyl sites for hydroxylation is 1. The quantitative estimate of drug-likeness (QED) is 0.943. The second kappa shape index (κ2) is 6.65. The van der Waals surface area contributed by atoms with E-state index in [1.807, 2.05) is 12.1 Å². The minimum atomic E-state index is -0.0947. The molecule has 4 heteroatoms. The Hall–Kier alpha value is -1.62. The lowest BCUT2D eigenvalue weighted by atomic mass is 10.1. The minimum Gasteiger partial charge on any atom is -0.460 e. The molecule has 2 unspecified atom stereocenters. The maximum atomic E-state index is 9.26. The van der Waals surface area contributed by atoms with Crippen LogP contribution in [0.2, 0.25) is 0 Å². The van der Waals surface area contributed by atoms with Gasteiger partial charge in [-0.15, -0.1) is 0 Å². The van der Waals surface area contributed by atoms with Crippen LogP contribution in [-0.4, -0.2) is 41.9 Å². The van der Waals surface area contributed by atoms with E-state index in [-0.39, 0.29) is 12.7 Å². The van der Waals surface area contributed by atoms with Gasteiger partial charge in [0.1, 0.15) is 11.5 Å². The van der Waals surface area contributed by atoms with Gasteiger partial charge in [0.15, 0.2) is 0 Å². The molecule has 0 aliphatic carbocycles. The van der Waals surface area contributed by atoms with Crippen molar-refractivity contribution in [3.05, 3.63) is 47.7 Å². The maximum absolute atomic E-state index is 9.26. The molecule has 2 atom stereocenters. The first-order valence-corrected chi connectivity index (χ1v) is 7.78. The number of rotatable bonds is 4. The maximum Gasteiger partial charge on any atom is 0.134 e. The number of benzene rings is 1. The summed E-state index contributed by atoms with van der Waals surface area (Å²) < 4.78 is 11.6. The fraction of sp³-hybridized carbons (Fsp3) is 0.444. The van der Waals surface area contributed by atoms with Gasteiger partial charge in [-0.2, -0.15) is 0 Å². The topological polar surface area (TPSA) is 45.8 Å². The van der Waals surface area contributed by atoms with Gasteiger partial charge in [0.25, 0.3) is 0 Å². The number of ether oxygens (including phenoxy) is 1. The van der Waals surface area contributed by atoms with Gasteiger partial charge >= 0.3 is 0 Å². The van der Waals surface area contributed by atoms with Gasteiger partial charge in [0.05, 0.1) is 25.9 Å². The highest BCUT2D eigenvalue weighted by Gasteiger charge is 2.26. The number of nitrogens with zero attached hydrogens (tertiary/aromatic N) is 1. The second-order valence-electron chi connectivity index (χ2n) is 6.05. The van der Waals surface area contributed by atoms with E-state index in [4.69, 9.17) is 9.15 Å². The highest BCUT2D eigenvalue weighted by atomic mass is 16.5. The molecule has 1 fully saturated rings. The van der Waals surface area contributed by atoms with E-state index in [0.29, 0.717) is 12.6 Å². The van der Waals surface area contributed by atoms with Crippen LogP contribution in [0.1, 0.15) is 18.2 Å². The summed E-state index contributed by atoms with van der Waals surface area (Å²) in [6.45, 7) is 6.41. The van der Waals surface area contributed by atoms with Gasteiger partial charge in [-0.25, -0.2) is 0 Å². The molecular formula is C18H23NO3. The Morgan fingerprint density at radius 3 is 2.68 bits per heavy atom. The standard InChI is InChI=1S/C18H23NO3/c1-13-3-5-15(6-4-13)18-8-7-16(22-18)9-19-10-17(11-20)21-12-14(19)2/h3-8,14,17,20H,9-12H2,1-2H3. The Kier molecular flexibility index (Phi) is 4.62. The van der Waals surface area contributed by atoms with Crippen LogP contribution < -0.4 is 0 Å². The summed E-state index contributed by atoms with van der Waals surface area (Å²) in [6, 6.07) is 12.7. The summed E-state index contributed by atoms with van der Waals surface area (Å²) in [5.41, 5.74) is 2.34. The van der Waals surface area contributed by atoms with Crippen molar-refractivity contribution in [3.8, 4) is 11.3 Å². The summed E-state index contributed by atoms with van der Waals surface area (Å²) in [7, 11) is 0. The lowest BCUT2D eigenvalue weighted by Crippen LogP contribution is -2.48. The Morgan fingerprint density at radius 2 is 1.95 bits per heavy atom. The van der Waals surface area contributed by atoms with E-state index in [0.717, 1.165) is 30.2 Å². The van der Waals surface area contributed by atoms with Crippen molar-refractivity contribution in [1.82, 2.24) is 4.90 Å². The molecule has 0 radical (unpaired) electrons. The fourth-order valence-corrected chi connectivity index (χ4v) is 2.74. The fourth-order valence-electron chi connectivity index (χ4n) is 2.74. The van der Waals surface area contributed by atoms with E-state index in [2.05, 4.69) is 43.0 Å². The van der Waals surface area contributed by atoms with Crippen molar-refractivity contribution in [3.63, 3.8) is 0 Å². The van der Waals surface area contributed by atoms with E-state index < -0.39 is 0 Å². The molecule has 118 valence electrons. The van der Waals surface area contributed by atoms with Crippen LogP contribution in [0.25, 0.3) is 11.3 Å². The molecule has 0 bridgehead atoms. The first-order valence-electron chi connectivity index (χ1n) is 7.78. The Balaban J connectivity index is 1.69. The summed E-state index contributed by atoms with van der Waals surface area (Å²) >= 11 is 0. The second-order valence-corrected chi connectivity index (χ2v) is 6.05. The van der Waals surface area contributed by atoms with Crippen LogP contribution in [0, 0.1) is 6.92 Å². The Morgan fingerprint density at radius 1 is 1.18 bits per heavy atom. The molecule has 2 aromatic rings. The summed E-state index contributed by atoms with van der Waals surface area (Å²) in [5.74, 6) is 1.84. The van der Waals surface area contributed by atoms with Gasteiger partial charge in [0.2, 0.25) is 0 Å². The molecule has 2 heterocycles. The first-order chi connectivity index (χ1) is 10.7. The number of aliphatic hydroxyl groups is 1. The molecule has 1 aromatic carbocycles. The van der Waals surface area contributed by atoms with Gasteiger partial charge < -0.3 is 14.3 Å². The monoisotopic (exact) mass is 301 g/mol. The van der Waals surface area contributed by atoms with Crippen LogP contribution >= 0.6 is 0 Å². The predicted molar refractivity (Wildman–Crippen MR) is 85.6 cm³/mol. The highest BCUT2D eigenvalue weighted by Crippen LogP contribution is 2.24. The van der Waals surface area contributed by atoms with Gasteiger partial charge in [-0.3, -0.25) is 4.90 Å². The molecule has 1 saturated heterocycles. The van der Waals surface area contributed by atoms with Crippen molar-refractivity contribution in [2.45, 2.75) is 32.5 Å². The zero-order chi connectivity index (χ0) is 15.5. The van der Waals surface area contributed by atoms with Crippen molar-refractivity contribution < 1.29 is 14.3 Å². The third-order valence-corrected chi connectivity index (χ3v) is 4.19. The molecule has 0 saturated carbocycles. The van der Waals surface area contributed by atoms with Gasteiger partial charge in [0, 0.05) is 18.2 Å². The molecule has 0 spiro atoms. The lowest BCUT2D eigenvalue weighted by molar-refractivity contribution is -0.0819. The molecule has 1 aliphatic rings. The summed E-state index contributed by atoms with van der Waals surface area (Å²) in [6.07, 6.45) is -0.0947. The summed E-state index contributed by atoms with van der Waals surface area (Å²) in [5, 5.41) is 9.26. The lowest BCUT2D eigenvalue weighted by Gasteiger charge is -2.36. The molecule has 1 N–H and O–H groups in total. The van der Waals surface area contributed by atoms with Crippen LogP contribution in [0.4, 0.5) is 0 Å². The molecule has 22 heavy (non-hydrogen) atoms. The molecule has 4 nitrogen and oxygen atoms in total. The number of hydrogen-bond donors (Lipinski definition) is 1. The molecule has 1 aliphatic heterocycles. The summed E-state index contributed by atoms with van der Waals surface area (Å²) in [4.78, 5) is 2.29. The van der Waals surface area contributed by atoms with E-state index in [9.17, 15) is 5.11 Å². The minimum absolute atomic E-state index is 0.0655. The van der Waals surface area contributed by atoms with E-state index in [1.54, 1.807) is 0 Å². The molecule has 3 rings (SSSR count). The Labute approximate surface area is 131 Å². The Bertz CT molecular complexity index is 605. The number of aliphatic hydroxyl groups excluding tert-OH is 1. The first kappa shape index (κ1) is 15.3. The molecule has 1 aromatic heterocycles. The molecule has 0 amide bonds. The SMILES string of the molecule is Cc1ccc(-c2ccc(CN3CC(CO)OCC3C)o2)cc1. The highest BCUT2D eigenvalue weighted by molar-refractivity contribution is 5.57. The van der Waals surface area contributed by atoms with Crippen molar-refractivity contribution in [1.29, 1.82) is 0 Å². The normalized spacial score (nSPS) is 22.9. The zero-order valence-corrected chi connectivity index (χ0v) is 13.2. The van der Waals surface area contributed by atoms with Crippen molar-refractivity contribution in [2.75, 3.05) is 19.8 Å². The van der Waals surface area contributed by atoms with Crippen molar-refractivity contribution in [2.24, 2.45) is 0 Å². The third kappa shape index (κ3) is 3.40. The zero-order valence-electron chi connectivity index (χ0n) is 13.2. The largest absolute Gasteiger partial charge is 0.460 e. The average Bonchev–Trinajstić information content (AvgIpc) is 2.99. The third-order valence-electron chi connectivity index (χ3n) is 4.19. The average molecular weight is 301 g/mol. The van der Waals surface area contributed by atoms with Crippen LogP contribution in [-0.2, 0) is 11.3 Å². The number of morpholine rings is 1. The van der Waals surface area contributed by atoms with Crippen LogP contribution in [0.15, 0.2) is 40.8 Å². The van der Waals surface area contributed by atoms with Gasteiger partial charge in [-0.05, 0) is 26.0 Å². The smallest absolute Gasteiger partial charge is 0.134 e. The van der Waals surface area contributed by atoms with E-state index in [1.165, 1.54) is 5.56 Å². The molecular weight excluding hydrogens is 278 g/mol. The predicted octanol–water partition coefficient (Wildman–Crippen LogP) is 2.84. The number of furan rings is 1. The van der Waals surface area contributed by atoms with Crippen molar-refractivity contribution >= 4 is 0 Å². The van der Waals surface area contributed by atoms with Gasteiger partial charge in [-0.1, -0.05) is 29.8 Å². The number of hydrogen-bond acceptors (Lipinski definition) is 4. The van der Waals surface area contributed by atoms with Crippen LogP contribution in [0.5, 0.6) is 0 Å². The van der Waals surface area contributed by atoms with Crippen LogP contribution in [0.3, 0.4) is 0 Å².